The van der Waals surface area contributed by atoms with E-state index in [9.17, 15) is 19.5 Å². The quantitative estimate of drug-likeness (QED) is 0.217. The van der Waals surface area contributed by atoms with Crippen LogP contribution in [0.5, 0.6) is 5.75 Å². The molecule has 3 aliphatic heterocycles. The summed E-state index contributed by atoms with van der Waals surface area (Å²) in [5, 5.41) is 12.0. The molecule has 4 rings (SSSR count). The fourth-order valence-electron chi connectivity index (χ4n) is 4.60. The second-order valence-electron chi connectivity index (χ2n) is 8.81. The molecule has 10 nitrogen and oxygen atoms in total. The number of benzene rings is 1. The average molecular weight is 470 g/mol. The number of nitrogens with zero attached hydrogens (tertiary/aromatic N) is 2. The van der Waals surface area contributed by atoms with Gasteiger partial charge in [-0.25, -0.2) is 0 Å². The fourth-order valence-corrected chi connectivity index (χ4v) is 4.60. The van der Waals surface area contributed by atoms with Crippen LogP contribution in [0.15, 0.2) is 36.4 Å². The number of aliphatic carboxylic acids is 1. The number of carboxylic acid groups (broad SMARTS) is 1. The van der Waals surface area contributed by atoms with Gasteiger partial charge in [0.25, 0.3) is 0 Å². The van der Waals surface area contributed by atoms with Crippen LogP contribution in [0.4, 0.5) is 0 Å². The number of carboxylic acids is 1. The van der Waals surface area contributed by atoms with Crippen molar-refractivity contribution in [3.05, 3.63) is 42.0 Å². The largest absolute Gasteiger partial charge is 0.480 e. The highest BCUT2D eigenvalue weighted by molar-refractivity contribution is 6.24. The molecule has 3 aliphatic rings. The Morgan fingerprint density at radius 2 is 1.76 bits per heavy atom. The summed E-state index contributed by atoms with van der Waals surface area (Å²) in [6, 6.07) is 5.79. The summed E-state index contributed by atoms with van der Waals surface area (Å²) in [6.07, 6.45) is 3.01. The highest BCUT2D eigenvalue weighted by Crippen LogP contribution is 2.41. The normalized spacial score (nSPS) is 26.9. The van der Waals surface area contributed by atoms with Crippen LogP contribution in [0, 0.1) is 11.8 Å². The lowest BCUT2D eigenvalue weighted by Gasteiger charge is -2.35. The Hall–Kier alpha value is -2.73. The smallest absolute Gasteiger partial charge is 0.396 e. The van der Waals surface area contributed by atoms with Crippen molar-refractivity contribution >= 4 is 25.5 Å². The number of amides is 1. The Morgan fingerprint density at radius 3 is 2.38 bits per heavy atom. The molecule has 34 heavy (non-hydrogen) atoms. The van der Waals surface area contributed by atoms with E-state index < -0.39 is 42.0 Å². The number of carbonyl (C=O) groups excluding carboxylic acids is 2. The molecule has 181 valence electrons. The number of rotatable bonds is 9. The zero-order valence-electron chi connectivity index (χ0n) is 19.3. The van der Waals surface area contributed by atoms with E-state index in [0.717, 1.165) is 18.7 Å². The number of hydrogen-bond donors (Lipinski definition) is 2. The number of nitrogens with one attached hydrogen (secondary N) is 1. The van der Waals surface area contributed by atoms with Gasteiger partial charge in [0.1, 0.15) is 17.7 Å². The van der Waals surface area contributed by atoms with E-state index in [2.05, 4.69) is 10.1 Å². The van der Waals surface area contributed by atoms with Gasteiger partial charge in [-0.05, 0) is 31.2 Å². The summed E-state index contributed by atoms with van der Waals surface area (Å²) in [4.78, 5) is 41.7. The Morgan fingerprint density at radius 1 is 1.12 bits per heavy atom. The van der Waals surface area contributed by atoms with Gasteiger partial charge < -0.3 is 34.3 Å². The van der Waals surface area contributed by atoms with Gasteiger partial charge in [-0.1, -0.05) is 24.3 Å². The maximum Gasteiger partial charge on any atom is 0.396 e. The van der Waals surface area contributed by atoms with Gasteiger partial charge in [0.15, 0.2) is 0 Å². The molecular weight excluding hydrogens is 441 g/mol. The minimum Gasteiger partial charge on any atom is -0.480 e. The van der Waals surface area contributed by atoms with E-state index in [1.165, 1.54) is 14.7 Å². The number of carbonyl (C=O) groups is 3. The molecule has 3 unspecified atom stereocenters. The fraction of sp³-hybridized carbons (Fsp3) is 0.522. The summed E-state index contributed by atoms with van der Waals surface area (Å²) in [7, 11) is 4.67. The van der Waals surface area contributed by atoms with Gasteiger partial charge in [-0.15, -0.1) is 0 Å². The van der Waals surface area contributed by atoms with Crippen LogP contribution < -0.4 is 9.96 Å². The second-order valence-corrected chi connectivity index (χ2v) is 8.81. The molecule has 0 spiro atoms. The highest BCUT2D eigenvalue weighted by Gasteiger charge is 2.54. The topological polar surface area (TPSA) is 118 Å². The zero-order chi connectivity index (χ0) is 24.2. The first-order valence-electron chi connectivity index (χ1n) is 11.3. The first-order valence-corrected chi connectivity index (χ1v) is 11.3. The van der Waals surface area contributed by atoms with Crippen LogP contribution in [0.3, 0.4) is 0 Å². The summed E-state index contributed by atoms with van der Waals surface area (Å²) in [6.45, 7) is 2.86. The monoisotopic (exact) mass is 470 g/mol. The molecule has 1 amide bonds. The Bertz CT molecular complexity index is 933. The number of esters is 1. The Kier molecular flexibility index (Phi) is 7.67. The molecule has 1 aromatic rings. The molecule has 11 heteroatoms. The van der Waals surface area contributed by atoms with Crippen LogP contribution >= 0.6 is 0 Å². The third-order valence-electron chi connectivity index (χ3n) is 6.54. The van der Waals surface area contributed by atoms with Crippen molar-refractivity contribution in [1.82, 2.24) is 15.0 Å². The molecule has 2 fully saturated rings. The van der Waals surface area contributed by atoms with E-state index in [0.29, 0.717) is 18.8 Å². The lowest BCUT2D eigenvalue weighted by molar-refractivity contribution is -0.148. The molecule has 5 atom stereocenters. The number of hydrogen-bond acceptors (Lipinski definition) is 8. The second kappa shape index (κ2) is 10.7. The third kappa shape index (κ3) is 5.33. The van der Waals surface area contributed by atoms with Gasteiger partial charge in [0, 0.05) is 33.3 Å². The Labute approximate surface area is 199 Å². The van der Waals surface area contributed by atoms with Crippen LogP contribution in [0.25, 0.3) is 0 Å². The summed E-state index contributed by atoms with van der Waals surface area (Å²) < 4.78 is 16.2. The van der Waals surface area contributed by atoms with Gasteiger partial charge >= 0.3 is 19.6 Å². The lowest BCUT2D eigenvalue weighted by atomic mass is 9.82. The SMILES string of the molecule is CO[B]NC(Cc1ccc(OC(=O)C2C(C(=O)N3CCN(C)CC3)[C@@H]3C=C[C@H]2O3)cc1)C(=O)O. The maximum atomic E-state index is 13.3. The van der Waals surface area contributed by atoms with Crippen molar-refractivity contribution in [2.24, 2.45) is 11.8 Å². The number of likely N-dealkylation sites (N-methyl/N-ethyl adjacent to an activating group) is 1. The van der Waals surface area contributed by atoms with Crippen molar-refractivity contribution in [2.75, 3.05) is 40.3 Å². The van der Waals surface area contributed by atoms with Crippen LogP contribution in [-0.4, -0.2) is 99.0 Å². The molecule has 0 saturated carbocycles. The lowest BCUT2D eigenvalue weighted by Crippen LogP contribution is -2.52. The molecular formula is C23H29BN3O7. The minimum atomic E-state index is -1.01. The van der Waals surface area contributed by atoms with E-state index in [-0.39, 0.29) is 12.3 Å². The molecule has 1 radical (unpaired) electrons. The van der Waals surface area contributed by atoms with Gasteiger partial charge in [-0.2, -0.15) is 0 Å². The van der Waals surface area contributed by atoms with Crippen LogP contribution in [0.2, 0.25) is 0 Å². The van der Waals surface area contributed by atoms with Crippen LogP contribution in [0.1, 0.15) is 5.56 Å². The van der Waals surface area contributed by atoms with Crippen molar-refractivity contribution in [1.29, 1.82) is 0 Å². The predicted octanol–water partition coefficient (Wildman–Crippen LogP) is -0.298. The van der Waals surface area contributed by atoms with Crippen molar-refractivity contribution in [3.8, 4) is 5.75 Å². The van der Waals surface area contributed by atoms with Crippen molar-refractivity contribution in [2.45, 2.75) is 24.7 Å². The molecule has 2 N–H and O–H groups in total. The average Bonchev–Trinajstić information content (AvgIpc) is 3.44. The molecule has 2 bridgehead atoms. The van der Waals surface area contributed by atoms with Gasteiger partial charge in [0.2, 0.25) is 5.91 Å². The zero-order valence-corrected chi connectivity index (χ0v) is 19.3. The van der Waals surface area contributed by atoms with Gasteiger partial charge in [-0.3, -0.25) is 14.4 Å². The summed E-state index contributed by atoms with van der Waals surface area (Å²) >= 11 is 0. The standard InChI is InChI=1S/C23H29BN3O7/c1-26-9-11-27(12-10-26)21(28)19-17-7-8-18(34-17)20(19)23(31)33-15-5-3-14(4-6-15)13-16(22(29)30)25-24-32-2/h3-8,16-20,25H,9-13H2,1-2H3,(H,29,30)/t16?,17-,18+,19?,20?/m0/s1. The maximum absolute atomic E-state index is 13.3. The van der Waals surface area contributed by atoms with E-state index in [1.54, 1.807) is 24.3 Å². The minimum absolute atomic E-state index is 0.0673. The van der Waals surface area contributed by atoms with Crippen molar-refractivity contribution < 1.29 is 33.6 Å². The van der Waals surface area contributed by atoms with E-state index >= 15 is 0 Å². The van der Waals surface area contributed by atoms with Crippen LogP contribution in [-0.2, 0) is 30.2 Å². The molecule has 0 aliphatic carbocycles. The first-order chi connectivity index (χ1) is 16.4. The van der Waals surface area contributed by atoms with Crippen molar-refractivity contribution in [3.63, 3.8) is 0 Å². The number of ether oxygens (including phenoxy) is 2. The number of piperazine rings is 1. The predicted molar refractivity (Wildman–Crippen MR) is 122 cm³/mol. The molecule has 1 aromatic carbocycles. The summed E-state index contributed by atoms with van der Waals surface area (Å²) in [5.41, 5.74) is 0.749. The van der Waals surface area contributed by atoms with E-state index in [4.69, 9.17) is 14.1 Å². The highest BCUT2D eigenvalue weighted by atomic mass is 16.5. The number of fused-ring (bicyclic) bond motifs is 2. The summed E-state index contributed by atoms with van der Waals surface area (Å²) in [5.74, 6) is -2.55. The third-order valence-corrected chi connectivity index (χ3v) is 6.54. The Balaban J connectivity index is 1.39. The molecule has 3 heterocycles. The molecule has 0 aromatic heterocycles. The van der Waals surface area contributed by atoms with E-state index in [1.807, 2.05) is 24.1 Å². The first kappa shape index (κ1) is 24.4. The molecule has 2 saturated heterocycles. The van der Waals surface area contributed by atoms with Gasteiger partial charge in [0.05, 0.1) is 18.1 Å².